The molecule has 1 aromatic heterocycles. The number of carbonyl (C=O) groups excluding carboxylic acids is 1. The zero-order valence-corrected chi connectivity index (χ0v) is 17.9. The smallest absolute Gasteiger partial charge is 0.274 e. The molecule has 1 heterocycles. The lowest BCUT2D eigenvalue weighted by Gasteiger charge is -2.35. The summed E-state index contributed by atoms with van der Waals surface area (Å²) in [7, 11) is 3.59. The van der Waals surface area contributed by atoms with Crippen molar-refractivity contribution in [2.24, 2.45) is 0 Å². The highest BCUT2D eigenvalue weighted by Crippen LogP contribution is 2.28. The molecule has 0 aliphatic heterocycles. The zero-order valence-electron chi connectivity index (χ0n) is 17.9. The van der Waals surface area contributed by atoms with Gasteiger partial charge in [-0.1, -0.05) is 26.8 Å². The Kier molecular flexibility index (Phi) is 8.05. The van der Waals surface area contributed by atoms with Gasteiger partial charge in [0.15, 0.2) is 5.69 Å². The van der Waals surface area contributed by atoms with Crippen LogP contribution in [-0.2, 0) is 19.4 Å². The van der Waals surface area contributed by atoms with E-state index < -0.39 is 0 Å². The van der Waals surface area contributed by atoms with Gasteiger partial charge < -0.3 is 9.80 Å². The topological polar surface area (TPSA) is 44.6 Å². The number of fused-ring (bicyclic) bond motifs is 1. The molecule has 0 spiro atoms. The SMILES string of the molecule is C=CCn1nc(C(=O)N(C)C)c2c1CCC(N(CC)CCN(CC)CC)C2. The molecule has 1 unspecified atom stereocenters. The van der Waals surface area contributed by atoms with E-state index in [9.17, 15) is 4.79 Å². The Morgan fingerprint density at radius 3 is 2.48 bits per heavy atom. The van der Waals surface area contributed by atoms with Gasteiger partial charge in [0.25, 0.3) is 5.91 Å². The maximum Gasteiger partial charge on any atom is 0.274 e. The minimum absolute atomic E-state index is 0.000835. The number of hydrogen-bond donors (Lipinski definition) is 0. The molecule has 0 radical (unpaired) electrons. The lowest BCUT2D eigenvalue weighted by molar-refractivity contribution is 0.0819. The fourth-order valence-corrected chi connectivity index (χ4v) is 4.05. The molecule has 0 N–H and O–H groups in total. The molecule has 0 fully saturated rings. The van der Waals surface area contributed by atoms with Crippen molar-refractivity contribution in [3.05, 3.63) is 29.6 Å². The summed E-state index contributed by atoms with van der Waals surface area (Å²) in [5.74, 6) is 0.000835. The van der Waals surface area contributed by atoms with Gasteiger partial charge >= 0.3 is 0 Å². The number of aromatic nitrogens is 2. The molecule has 1 amide bonds. The van der Waals surface area contributed by atoms with Crippen LogP contribution in [0, 0.1) is 0 Å². The Morgan fingerprint density at radius 1 is 1.22 bits per heavy atom. The van der Waals surface area contributed by atoms with E-state index in [0.29, 0.717) is 18.3 Å². The third-order valence-electron chi connectivity index (χ3n) is 5.75. The fourth-order valence-electron chi connectivity index (χ4n) is 4.05. The predicted octanol–water partition coefficient (Wildman–Crippen LogP) is 2.29. The summed E-state index contributed by atoms with van der Waals surface area (Å²) >= 11 is 0. The van der Waals surface area contributed by atoms with Gasteiger partial charge in [0.2, 0.25) is 0 Å². The first-order valence-corrected chi connectivity index (χ1v) is 10.3. The van der Waals surface area contributed by atoms with Crippen molar-refractivity contribution in [1.82, 2.24) is 24.5 Å². The second kappa shape index (κ2) is 10.0. The van der Waals surface area contributed by atoms with E-state index in [0.717, 1.165) is 57.5 Å². The summed E-state index contributed by atoms with van der Waals surface area (Å²) in [5.41, 5.74) is 2.99. The minimum Gasteiger partial charge on any atom is -0.343 e. The van der Waals surface area contributed by atoms with Crippen molar-refractivity contribution in [3.8, 4) is 0 Å². The van der Waals surface area contributed by atoms with E-state index in [4.69, 9.17) is 0 Å². The van der Waals surface area contributed by atoms with Crippen LogP contribution < -0.4 is 0 Å². The number of likely N-dealkylation sites (N-methyl/N-ethyl adjacent to an activating group) is 2. The van der Waals surface area contributed by atoms with Crippen molar-refractivity contribution in [2.45, 2.75) is 52.6 Å². The highest BCUT2D eigenvalue weighted by Gasteiger charge is 2.31. The number of carbonyl (C=O) groups is 1. The average Bonchev–Trinajstić information content (AvgIpc) is 3.03. The molecule has 152 valence electrons. The van der Waals surface area contributed by atoms with Crippen LogP contribution in [0.3, 0.4) is 0 Å². The zero-order chi connectivity index (χ0) is 20.0. The summed E-state index contributed by atoms with van der Waals surface area (Å²) in [6.07, 6.45) is 4.86. The van der Waals surface area contributed by atoms with Gasteiger partial charge in [-0.05, 0) is 38.9 Å². The summed E-state index contributed by atoms with van der Waals surface area (Å²) in [4.78, 5) is 19.4. The molecule has 6 nitrogen and oxygen atoms in total. The standard InChI is InChI=1S/C21H37N5O/c1-7-13-26-19-12-11-17(25(10-4)15-14-24(8-2)9-3)16-18(19)20(22-26)21(27)23(5)6/h7,17H,1,8-16H2,2-6H3. The molecule has 0 aromatic carbocycles. The molecule has 1 aliphatic carbocycles. The number of allylic oxidation sites excluding steroid dienone is 1. The fraction of sp³-hybridized carbons (Fsp3) is 0.714. The Balaban J connectivity index is 2.21. The van der Waals surface area contributed by atoms with Crippen molar-refractivity contribution in [3.63, 3.8) is 0 Å². The molecule has 27 heavy (non-hydrogen) atoms. The Labute approximate surface area is 164 Å². The molecule has 2 rings (SSSR count). The van der Waals surface area contributed by atoms with Crippen LogP contribution in [0.15, 0.2) is 12.7 Å². The van der Waals surface area contributed by atoms with Crippen LogP contribution in [-0.4, -0.2) is 83.2 Å². The molecule has 6 heteroatoms. The van der Waals surface area contributed by atoms with Gasteiger partial charge in [0.1, 0.15) is 0 Å². The van der Waals surface area contributed by atoms with Crippen LogP contribution in [0.4, 0.5) is 0 Å². The average molecular weight is 376 g/mol. The Hall–Kier alpha value is -1.66. The number of hydrogen-bond acceptors (Lipinski definition) is 4. The van der Waals surface area contributed by atoms with E-state index in [1.165, 1.54) is 5.69 Å². The molecular weight excluding hydrogens is 338 g/mol. The summed E-state index contributed by atoms with van der Waals surface area (Å²) in [6.45, 7) is 16.6. The lowest BCUT2D eigenvalue weighted by Crippen LogP contribution is -2.44. The quantitative estimate of drug-likeness (QED) is 0.589. The summed E-state index contributed by atoms with van der Waals surface area (Å²) in [5, 5.41) is 4.65. The normalized spacial score (nSPS) is 16.6. The third-order valence-corrected chi connectivity index (χ3v) is 5.75. The van der Waals surface area contributed by atoms with Gasteiger partial charge in [0.05, 0.1) is 6.54 Å². The molecular formula is C21H37N5O. The molecule has 1 aliphatic rings. The van der Waals surface area contributed by atoms with Crippen LogP contribution >= 0.6 is 0 Å². The van der Waals surface area contributed by atoms with E-state index in [2.05, 4.69) is 42.2 Å². The third kappa shape index (κ3) is 4.99. The van der Waals surface area contributed by atoms with Gasteiger partial charge in [-0.15, -0.1) is 6.58 Å². The van der Waals surface area contributed by atoms with E-state index >= 15 is 0 Å². The number of nitrogens with zero attached hydrogens (tertiary/aromatic N) is 5. The van der Waals surface area contributed by atoms with E-state index in [1.54, 1.807) is 19.0 Å². The molecule has 1 atom stereocenters. The lowest BCUT2D eigenvalue weighted by atomic mass is 9.90. The molecule has 0 bridgehead atoms. The summed E-state index contributed by atoms with van der Waals surface area (Å²) in [6, 6.07) is 0.480. The van der Waals surface area contributed by atoms with Crippen LogP contribution in [0.25, 0.3) is 0 Å². The predicted molar refractivity (Wildman–Crippen MR) is 111 cm³/mol. The van der Waals surface area contributed by atoms with Gasteiger partial charge in [-0.3, -0.25) is 14.4 Å². The number of rotatable bonds is 10. The monoisotopic (exact) mass is 375 g/mol. The van der Waals surface area contributed by atoms with Crippen molar-refractivity contribution in [1.29, 1.82) is 0 Å². The van der Waals surface area contributed by atoms with Crippen LogP contribution in [0.5, 0.6) is 0 Å². The van der Waals surface area contributed by atoms with Gasteiger partial charge in [-0.25, -0.2) is 0 Å². The van der Waals surface area contributed by atoms with Crippen molar-refractivity contribution >= 4 is 5.91 Å². The highest BCUT2D eigenvalue weighted by atomic mass is 16.2. The minimum atomic E-state index is 0.000835. The highest BCUT2D eigenvalue weighted by molar-refractivity contribution is 5.93. The molecule has 1 aromatic rings. The maximum atomic E-state index is 12.7. The van der Waals surface area contributed by atoms with Crippen molar-refractivity contribution < 1.29 is 4.79 Å². The Bertz CT molecular complexity index is 633. The Morgan fingerprint density at radius 2 is 1.93 bits per heavy atom. The first-order chi connectivity index (χ1) is 13.0. The molecule has 0 saturated carbocycles. The second-order valence-electron chi connectivity index (χ2n) is 7.50. The van der Waals surface area contributed by atoms with Gasteiger partial charge in [-0.2, -0.15) is 5.10 Å². The number of amides is 1. The van der Waals surface area contributed by atoms with E-state index in [-0.39, 0.29) is 5.91 Å². The van der Waals surface area contributed by atoms with E-state index in [1.807, 2.05) is 10.8 Å². The first-order valence-electron chi connectivity index (χ1n) is 10.3. The van der Waals surface area contributed by atoms with Crippen LogP contribution in [0.2, 0.25) is 0 Å². The maximum absolute atomic E-state index is 12.7. The largest absolute Gasteiger partial charge is 0.343 e. The van der Waals surface area contributed by atoms with Crippen molar-refractivity contribution in [2.75, 3.05) is 46.8 Å². The van der Waals surface area contributed by atoms with Crippen LogP contribution in [0.1, 0.15) is 48.9 Å². The van der Waals surface area contributed by atoms with Gasteiger partial charge in [0, 0.05) is 44.5 Å². The first kappa shape index (κ1) is 21.6. The second-order valence-corrected chi connectivity index (χ2v) is 7.50. The summed E-state index contributed by atoms with van der Waals surface area (Å²) < 4.78 is 1.97. The molecule has 0 saturated heterocycles.